The lowest BCUT2D eigenvalue weighted by Crippen LogP contribution is -2.36. The summed E-state index contributed by atoms with van der Waals surface area (Å²) in [5.74, 6) is -0.372. The van der Waals surface area contributed by atoms with E-state index in [9.17, 15) is 29.9 Å². The van der Waals surface area contributed by atoms with Crippen LogP contribution in [0.2, 0.25) is 0 Å². The molecular formula is C31H46N2O7. The van der Waals surface area contributed by atoms with E-state index in [1.807, 2.05) is 30.4 Å². The molecule has 0 saturated heterocycles. The van der Waals surface area contributed by atoms with Crippen LogP contribution in [-0.2, 0) is 20.8 Å². The predicted molar refractivity (Wildman–Crippen MR) is 154 cm³/mol. The predicted octanol–water partition coefficient (Wildman–Crippen LogP) is 5.18. The molecule has 2 rings (SSSR count). The number of carbonyl (C=O) groups is 2. The van der Waals surface area contributed by atoms with Gasteiger partial charge in [0.25, 0.3) is 5.09 Å². The topological polar surface area (TPSA) is 130 Å². The fourth-order valence-electron chi connectivity index (χ4n) is 5.30. The van der Waals surface area contributed by atoms with Crippen LogP contribution in [-0.4, -0.2) is 57.4 Å². The average Bonchev–Trinajstić information content (AvgIpc) is 3.20. The molecule has 0 aromatic heterocycles. The first-order valence-corrected chi connectivity index (χ1v) is 14.6. The maximum absolute atomic E-state index is 12.5. The van der Waals surface area contributed by atoms with E-state index in [-0.39, 0.29) is 43.1 Å². The number of aliphatic hydroxyl groups is 2. The molecule has 0 spiro atoms. The number of imide groups is 1. The SMILES string of the molecule is CCN(C(=O)CCCC=CC[C@@H]1[C@@H](C/C=C/CCc2ccccc2)[C@H](O)C[C@@H]1O)C(=O)CCCCCO[N+](=O)[O-]. The molecule has 1 aliphatic rings. The molecule has 9 heteroatoms. The lowest BCUT2D eigenvalue weighted by molar-refractivity contribution is -0.757. The number of hydrogen-bond acceptors (Lipinski definition) is 7. The van der Waals surface area contributed by atoms with Crippen LogP contribution in [0.4, 0.5) is 0 Å². The van der Waals surface area contributed by atoms with Crippen molar-refractivity contribution in [2.24, 2.45) is 11.8 Å². The van der Waals surface area contributed by atoms with Crippen molar-refractivity contribution in [1.29, 1.82) is 0 Å². The number of amides is 2. The number of aliphatic hydroxyl groups excluding tert-OH is 2. The summed E-state index contributed by atoms with van der Waals surface area (Å²) < 4.78 is 0. The molecule has 222 valence electrons. The zero-order chi connectivity index (χ0) is 29.2. The van der Waals surface area contributed by atoms with Gasteiger partial charge >= 0.3 is 0 Å². The molecule has 0 heterocycles. The molecule has 1 fully saturated rings. The number of allylic oxidation sites excluding steroid dienone is 4. The van der Waals surface area contributed by atoms with E-state index in [0.717, 1.165) is 19.3 Å². The Morgan fingerprint density at radius 1 is 0.925 bits per heavy atom. The highest BCUT2D eigenvalue weighted by atomic mass is 16.9. The van der Waals surface area contributed by atoms with Gasteiger partial charge in [-0.05, 0) is 82.1 Å². The molecule has 0 radical (unpaired) electrons. The Morgan fingerprint density at radius 3 is 2.12 bits per heavy atom. The van der Waals surface area contributed by atoms with Gasteiger partial charge in [0.2, 0.25) is 11.8 Å². The number of rotatable bonds is 19. The van der Waals surface area contributed by atoms with Gasteiger partial charge in [0.15, 0.2) is 0 Å². The van der Waals surface area contributed by atoms with Gasteiger partial charge in [-0.25, -0.2) is 0 Å². The summed E-state index contributed by atoms with van der Waals surface area (Å²) in [6.45, 7) is 2.11. The van der Waals surface area contributed by atoms with Crippen molar-refractivity contribution in [2.75, 3.05) is 13.2 Å². The number of hydrogen-bond donors (Lipinski definition) is 2. The lowest BCUT2D eigenvalue weighted by Gasteiger charge is -2.21. The molecule has 40 heavy (non-hydrogen) atoms. The third kappa shape index (κ3) is 12.4. The molecule has 9 nitrogen and oxygen atoms in total. The fraction of sp³-hybridized carbons (Fsp3) is 0.613. The van der Waals surface area contributed by atoms with Gasteiger partial charge in [0, 0.05) is 19.4 Å². The van der Waals surface area contributed by atoms with Crippen molar-refractivity contribution in [3.05, 3.63) is 70.3 Å². The minimum absolute atomic E-state index is 0.00553. The summed E-state index contributed by atoms with van der Waals surface area (Å²) in [6, 6.07) is 10.3. The van der Waals surface area contributed by atoms with Crippen LogP contribution in [0.25, 0.3) is 0 Å². The van der Waals surface area contributed by atoms with Crippen LogP contribution in [0, 0.1) is 22.0 Å². The maximum Gasteiger partial charge on any atom is 0.294 e. The molecule has 1 saturated carbocycles. The summed E-state index contributed by atoms with van der Waals surface area (Å²) in [5, 5.41) is 30.3. The zero-order valence-corrected chi connectivity index (χ0v) is 23.7. The third-order valence-electron chi connectivity index (χ3n) is 7.53. The molecule has 1 aliphatic carbocycles. The maximum atomic E-state index is 12.5. The summed E-state index contributed by atoms with van der Waals surface area (Å²) in [5.41, 5.74) is 1.30. The molecule has 1 aromatic carbocycles. The highest BCUT2D eigenvalue weighted by Crippen LogP contribution is 2.37. The standard InChI is InChI=1S/C31H46N2O7/c1-2-32(31(37)22-14-7-15-23-40-33(38)39)30(36)21-13-4-3-11-19-26-27(29(35)24-28(26)34)20-12-6-10-18-25-16-8-5-9-17-25/h3,5-6,8-9,11-12,16-17,26-29,34-35H,2,4,7,10,13-15,18-24H2,1H3/b11-3?,12-6+/t26-,27-,28+,29-/m1/s1. The summed E-state index contributed by atoms with van der Waals surface area (Å²) in [6.07, 6.45) is 14.6. The zero-order valence-electron chi connectivity index (χ0n) is 23.7. The van der Waals surface area contributed by atoms with Gasteiger partial charge in [0.1, 0.15) is 0 Å². The second kappa shape index (κ2) is 19.1. The Hall–Kier alpha value is -3.04. The molecule has 0 bridgehead atoms. The highest BCUT2D eigenvalue weighted by Gasteiger charge is 2.39. The molecule has 1 aromatic rings. The largest absolute Gasteiger partial charge is 0.393 e. The normalized spacial score (nSPS) is 20.8. The summed E-state index contributed by atoms with van der Waals surface area (Å²) in [7, 11) is 0. The van der Waals surface area contributed by atoms with Crippen LogP contribution in [0.15, 0.2) is 54.6 Å². The second-order valence-corrected chi connectivity index (χ2v) is 10.4. The van der Waals surface area contributed by atoms with E-state index in [4.69, 9.17) is 0 Å². The Kier molecular flexibility index (Phi) is 15.8. The smallest absolute Gasteiger partial charge is 0.294 e. The van der Waals surface area contributed by atoms with Gasteiger partial charge < -0.3 is 15.1 Å². The van der Waals surface area contributed by atoms with Crippen molar-refractivity contribution < 1.29 is 29.7 Å². The van der Waals surface area contributed by atoms with Crippen molar-refractivity contribution in [3.63, 3.8) is 0 Å². The van der Waals surface area contributed by atoms with Crippen LogP contribution in [0.3, 0.4) is 0 Å². The Bertz CT molecular complexity index is 950. The molecule has 2 amide bonds. The Balaban J connectivity index is 1.66. The first kappa shape index (κ1) is 33.2. The first-order valence-electron chi connectivity index (χ1n) is 14.6. The quantitative estimate of drug-likeness (QED) is 0.103. The van der Waals surface area contributed by atoms with Gasteiger partial charge in [-0.2, -0.15) is 0 Å². The van der Waals surface area contributed by atoms with Gasteiger partial charge in [0.05, 0.1) is 18.8 Å². The number of carbonyl (C=O) groups excluding carboxylic acids is 2. The Morgan fingerprint density at radius 2 is 1.52 bits per heavy atom. The molecule has 0 unspecified atom stereocenters. The van der Waals surface area contributed by atoms with E-state index in [1.54, 1.807) is 6.92 Å². The average molecular weight is 559 g/mol. The van der Waals surface area contributed by atoms with E-state index in [0.29, 0.717) is 51.5 Å². The second-order valence-electron chi connectivity index (χ2n) is 10.4. The number of nitrogens with zero attached hydrogens (tertiary/aromatic N) is 2. The van der Waals surface area contributed by atoms with Crippen molar-refractivity contribution in [2.45, 2.75) is 96.2 Å². The number of unbranched alkanes of at least 4 members (excludes halogenated alkanes) is 3. The van der Waals surface area contributed by atoms with Crippen molar-refractivity contribution in [3.8, 4) is 0 Å². The lowest BCUT2D eigenvalue weighted by atomic mass is 9.87. The van der Waals surface area contributed by atoms with E-state index in [1.165, 1.54) is 10.5 Å². The van der Waals surface area contributed by atoms with Gasteiger partial charge in [-0.1, -0.05) is 61.1 Å². The summed E-state index contributed by atoms with van der Waals surface area (Å²) in [4.78, 5) is 40.6. The molecule has 0 aliphatic heterocycles. The highest BCUT2D eigenvalue weighted by molar-refractivity contribution is 5.95. The first-order chi connectivity index (χ1) is 19.3. The fourth-order valence-corrected chi connectivity index (χ4v) is 5.30. The van der Waals surface area contributed by atoms with Crippen LogP contribution in [0.1, 0.15) is 83.1 Å². The van der Waals surface area contributed by atoms with Crippen molar-refractivity contribution >= 4 is 11.8 Å². The monoisotopic (exact) mass is 558 g/mol. The Labute approximate surface area is 238 Å². The van der Waals surface area contributed by atoms with Crippen molar-refractivity contribution in [1.82, 2.24) is 4.90 Å². The molecular weight excluding hydrogens is 512 g/mol. The van der Waals surface area contributed by atoms with Gasteiger partial charge in [-0.15, -0.1) is 10.1 Å². The van der Waals surface area contributed by atoms with E-state index < -0.39 is 17.3 Å². The van der Waals surface area contributed by atoms with Crippen LogP contribution < -0.4 is 0 Å². The van der Waals surface area contributed by atoms with E-state index in [2.05, 4.69) is 29.1 Å². The van der Waals surface area contributed by atoms with Gasteiger partial charge in [-0.3, -0.25) is 14.5 Å². The van der Waals surface area contributed by atoms with E-state index >= 15 is 0 Å². The van der Waals surface area contributed by atoms with Crippen LogP contribution in [0.5, 0.6) is 0 Å². The molecule has 4 atom stereocenters. The third-order valence-corrected chi connectivity index (χ3v) is 7.53. The summed E-state index contributed by atoms with van der Waals surface area (Å²) >= 11 is 0. The van der Waals surface area contributed by atoms with Crippen LogP contribution >= 0.6 is 0 Å². The number of benzene rings is 1. The number of aryl methyl sites for hydroxylation is 1. The molecule has 2 N–H and O–H groups in total. The minimum Gasteiger partial charge on any atom is -0.393 e. The minimum atomic E-state index is -0.829.